The Hall–Kier alpha value is -1.94. The average Bonchev–Trinajstić information content (AvgIpc) is 3.85. The third-order valence-electron chi connectivity index (χ3n) is 12.1. The van der Waals surface area contributed by atoms with E-state index in [0.29, 0.717) is 0 Å². The van der Waals surface area contributed by atoms with Crippen LogP contribution in [0.25, 0.3) is 41.1 Å². The maximum Gasteiger partial charge on any atom is 0.0501 e. The monoisotopic (exact) mass is 666 g/mol. The minimum atomic E-state index is 0.122. The van der Waals surface area contributed by atoms with E-state index in [0.717, 1.165) is 12.8 Å². The van der Waals surface area contributed by atoms with Crippen LogP contribution in [0.1, 0.15) is 157 Å². The van der Waals surface area contributed by atoms with Gasteiger partial charge in [0.2, 0.25) is 0 Å². The predicted octanol–water partition coefficient (Wildman–Crippen LogP) is 15.1. The summed E-state index contributed by atoms with van der Waals surface area (Å²) < 4.78 is 3.14. The van der Waals surface area contributed by atoms with E-state index in [4.69, 9.17) is 0 Å². The van der Waals surface area contributed by atoms with Gasteiger partial charge in [-0.25, -0.2) is 0 Å². The number of hydrogen-bond donors (Lipinski definition) is 0. The van der Waals surface area contributed by atoms with Crippen LogP contribution in [-0.2, 0) is 17.3 Å². The summed E-state index contributed by atoms with van der Waals surface area (Å²) in [5.41, 5.74) is 9.80. The molecule has 0 saturated carbocycles. The highest BCUT2D eigenvalue weighted by Gasteiger charge is 2.46. The van der Waals surface area contributed by atoms with E-state index in [1.54, 1.807) is 57.4 Å². The third kappa shape index (κ3) is 4.92. The summed E-state index contributed by atoms with van der Waals surface area (Å²) in [4.78, 5) is 6.18. The maximum absolute atomic E-state index is 2.58. The third-order valence-corrected chi connectivity index (χ3v) is 15.7. The van der Waals surface area contributed by atoms with Gasteiger partial charge in [0.15, 0.2) is 0 Å². The van der Waals surface area contributed by atoms with Crippen LogP contribution in [0, 0.1) is 6.92 Å². The van der Waals surface area contributed by atoms with Gasteiger partial charge in [-0.2, -0.15) is 0 Å². The lowest BCUT2D eigenvalue weighted by atomic mass is 9.73. The van der Waals surface area contributed by atoms with Crippen molar-refractivity contribution >= 4 is 54.2 Å². The van der Waals surface area contributed by atoms with E-state index in [-0.39, 0.29) is 10.8 Å². The molecule has 244 valence electrons. The van der Waals surface area contributed by atoms with Gasteiger partial charge in [-0.3, -0.25) is 0 Å². The van der Waals surface area contributed by atoms with Gasteiger partial charge >= 0.3 is 0 Å². The predicted molar refractivity (Wildman–Crippen MR) is 209 cm³/mol. The molecule has 2 aliphatic carbocycles. The zero-order chi connectivity index (χ0) is 32.1. The Morgan fingerprint density at radius 2 is 1.11 bits per heavy atom. The molecule has 0 spiro atoms. The Kier molecular flexibility index (Phi) is 9.33. The number of rotatable bonds is 15. The molecule has 0 amide bonds. The zero-order valence-electron chi connectivity index (χ0n) is 29.3. The van der Waals surface area contributed by atoms with Crippen LogP contribution in [0.3, 0.4) is 0 Å². The summed E-state index contributed by atoms with van der Waals surface area (Å²) in [5, 5.41) is 2.97. The molecule has 0 bridgehead atoms. The van der Waals surface area contributed by atoms with Crippen molar-refractivity contribution in [3.8, 4) is 20.9 Å². The number of aryl methyl sites for hydroxylation is 2. The Morgan fingerprint density at radius 1 is 0.543 bits per heavy atom. The van der Waals surface area contributed by atoms with Crippen molar-refractivity contribution in [3.05, 3.63) is 68.4 Å². The van der Waals surface area contributed by atoms with Crippen LogP contribution in [0.4, 0.5) is 0 Å². The summed E-state index contributed by atoms with van der Waals surface area (Å²) >= 11 is 6.25. The molecule has 3 aromatic heterocycles. The molecule has 7 rings (SSSR count). The Bertz CT molecular complexity index is 1850. The van der Waals surface area contributed by atoms with Crippen LogP contribution >= 0.6 is 34.0 Å². The summed E-state index contributed by atoms with van der Waals surface area (Å²) in [6.45, 7) is 14.3. The van der Waals surface area contributed by atoms with Gasteiger partial charge in [-0.15, -0.1) is 34.0 Å². The van der Waals surface area contributed by atoms with Crippen LogP contribution < -0.4 is 0 Å². The van der Waals surface area contributed by atoms with E-state index in [9.17, 15) is 0 Å². The normalized spacial score (nSPS) is 15.5. The van der Waals surface area contributed by atoms with Crippen molar-refractivity contribution in [2.45, 2.75) is 149 Å². The SMILES string of the molecule is CCCCCCCCCCCCc1cc2sc3c(c2s1)C(CC)(CC)c1ccc2c4c(ccc2c1-3)C(CC)(CC)c1cc(C)sc1-4. The molecule has 0 nitrogen and oxygen atoms in total. The quantitative estimate of drug-likeness (QED) is 0.0976. The first-order valence-electron chi connectivity index (χ1n) is 18.8. The number of fused-ring (bicyclic) bond motifs is 11. The van der Waals surface area contributed by atoms with Crippen molar-refractivity contribution in [3.63, 3.8) is 0 Å². The molecular weight excluding hydrogens is 613 g/mol. The molecule has 0 N–H and O–H groups in total. The molecule has 0 radical (unpaired) electrons. The summed E-state index contributed by atoms with van der Waals surface area (Å²) in [7, 11) is 0. The maximum atomic E-state index is 2.58. The molecule has 46 heavy (non-hydrogen) atoms. The fourth-order valence-corrected chi connectivity index (χ4v) is 13.6. The van der Waals surface area contributed by atoms with Crippen LogP contribution in [0.5, 0.6) is 0 Å². The van der Waals surface area contributed by atoms with E-state index in [1.165, 1.54) is 99.1 Å². The number of hydrogen-bond acceptors (Lipinski definition) is 3. The minimum Gasteiger partial charge on any atom is -0.140 e. The molecular formula is C43H54S3. The van der Waals surface area contributed by atoms with Crippen molar-refractivity contribution in [2.24, 2.45) is 0 Å². The lowest BCUT2D eigenvalue weighted by molar-refractivity contribution is 0.491. The van der Waals surface area contributed by atoms with Gasteiger partial charge in [0.1, 0.15) is 0 Å². The van der Waals surface area contributed by atoms with E-state index >= 15 is 0 Å². The van der Waals surface area contributed by atoms with Gasteiger partial charge in [-0.1, -0.05) is 117 Å². The first kappa shape index (κ1) is 32.6. The summed E-state index contributed by atoms with van der Waals surface area (Å²) in [6.07, 6.45) is 20.0. The number of benzene rings is 2. The smallest absolute Gasteiger partial charge is 0.0501 e. The fourth-order valence-electron chi connectivity index (χ4n) is 9.48. The molecule has 2 aliphatic rings. The van der Waals surface area contributed by atoms with Gasteiger partial charge in [0.05, 0.1) is 4.70 Å². The Labute approximate surface area is 290 Å². The first-order valence-corrected chi connectivity index (χ1v) is 21.2. The highest BCUT2D eigenvalue weighted by molar-refractivity contribution is 7.30. The molecule has 0 atom stereocenters. The molecule has 0 fully saturated rings. The summed E-state index contributed by atoms with van der Waals surface area (Å²) in [5.74, 6) is 0. The second-order valence-electron chi connectivity index (χ2n) is 14.4. The van der Waals surface area contributed by atoms with E-state index in [1.807, 2.05) is 11.3 Å². The van der Waals surface area contributed by atoms with Crippen LogP contribution in [-0.4, -0.2) is 0 Å². The topological polar surface area (TPSA) is 0 Å². The van der Waals surface area contributed by atoms with Crippen LogP contribution in [0.15, 0.2) is 36.4 Å². The van der Waals surface area contributed by atoms with Crippen molar-refractivity contribution in [1.29, 1.82) is 0 Å². The molecule has 0 saturated heterocycles. The van der Waals surface area contributed by atoms with E-state index < -0.39 is 0 Å². The molecule has 5 aromatic rings. The molecule has 3 heteroatoms. The fraction of sp³-hybridized carbons (Fsp3) is 0.535. The summed E-state index contributed by atoms with van der Waals surface area (Å²) in [6, 6.07) is 15.2. The second kappa shape index (κ2) is 13.2. The number of unbranched alkanes of at least 4 members (excludes halogenated alkanes) is 9. The van der Waals surface area contributed by atoms with Crippen molar-refractivity contribution in [2.75, 3.05) is 0 Å². The standard InChI is InChI=1S/C43H54S3/c1-7-12-13-14-15-16-17-18-19-20-21-29-27-35-40(45-29)38-41(46-35)37-31-22-24-32-36(30(31)23-25-33(37)43(38,10-4)11-5)39-34(26-28(6)44-39)42(32,8-2)9-3/h22-27H,7-21H2,1-6H3. The van der Waals surface area contributed by atoms with Gasteiger partial charge in [0.25, 0.3) is 0 Å². The van der Waals surface area contributed by atoms with Crippen LogP contribution in [0.2, 0.25) is 0 Å². The Morgan fingerprint density at radius 3 is 1.72 bits per heavy atom. The largest absolute Gasteiger partial charge is 0.140 e. The highest BCUT2D eigenvalue weighted by atomic mass is 32.1. The first-order chi connectivity index (χ1) is 22.5. The van der Waals surface area contributed by atoms with E-state index in [2.05, 4.69) is 101 Å². The number of thiophene rings is 3. The minimum absolute atomic E-state index is 0.122. The lowest BCUT2D eigenvalue weighted by Gasteiger charge is -2.30. The zero-order valence-corrected chi connectivity index (χ0v) is 31.7. The second-order valence-corrected chi connectivity index (χ2v) is 17.8. The van der Waals surface area contributed by atoms with Gasteiger partial charge in [-0.05, 0) is 90.6 Å². The van der Waals surface area contributed by atoms with Crippen molar-refractivity contribution < 1.29 is 0 Å². The molecule has 0 aliphatic heterocycles. The van der Waals surface area contributed by atoms with Gasteiger partial charge < -0.3 is 0 Å². The van der Waals surface area contributed by atoms with Crippen molar-refractivity contribution in [1.82, 2.24) is 0 Å². The average molecular weight is 667 g/mol. The molecule has 0 unspecified atom stereocenters. The Balaban J connectivity index is 1.21. The molecule has 3 heterocycles. The lowest BCUT2D eigenvalue weighted by Crippen LogP contribution is -2.23. The molecule has 2 aromatic carbocycles. The van der Waals surface area contributed by atoms with Gasteiger partial charge in [0, 0.05) is 46.2 Å². The highest BCUT2D eigenvalue weighted by Crippen LogP contribution is 2.63.